The van der Waals surface area contributed by atoms with Gasteiger partial charge in [-0.05, 0) is 48.2 Å². The van der Waals surface area contributed by atoms with Crippen molar-refractivity contribution in [1.29, 1.82) is 0 Å². The number of nitrogens with one attached hydrogen (secondary N) is 2. The third-order valence-electron chi connectivity index (χ3n) is 5.80. The summed E-state index contributed by atoms with van der Waals surface area (Å²) < 4.78 is 21.6. The predicted molar refractivity (Wildman–Crippen MR) is 124 cm³/mol. The summed E-state index contributed by atoms with van der Waals surface area (Å²) in [5, 5.41) is 6.98. The molecule has 2 N–H and O–H groups in total. The molecule has 0 amide bonds. The number of benzene rings is 2. The second-order valence-electron chi connectivity index (χ2n) is 8.02. The van der Waals surface area contributed by atoms with Crippen molar-refractivity contribution in [3.63, 3.8) is 0 Å². The zero-order chi connectivity index (χ0) is 22.3. The monoisotopic (exact) mass is 440 g/mol. The molecule has 2 heterocycles. The van der Waals surface area contributed by atoms with E-state index in [4.69, 9.17) is 18.9 Å². The van der Waals surface area contributed by atoms with E-state index in [0.717, 1.165) is 68.0 Å². The highest BCUT2D eigenvalue weighted by Gasteiger charge is 2.23. The van der Waals surface area contributed by atoms with Crippen LogP contribution in [0.1, 0.15) is 17.5 Å². The standard InChI is InChI=1S/C24H32N4O4/c1-25-24(26-8-6-17-4-5-22-23(12-17)32-16-31-22)27-19-7-9-28(15-19)14-18-10-20(29-2)13-21(11-18)30-3/h4-5,10-13,19H,6-9,14-16H2,1-3H3,(H2,25,26,27). The third-order valence-corrected chi connectivity index (χ3v) is 5.80. The largest absolute Gasteiger partial charge is 0.497 e. The van der Waals surface area contributed by atoms with Gasteiger partial charge in [-0.25, -0.2) is 0 Å². The molecule has 2 aromatic rings. The van der Waals surface area contributed by atoms with E-state index >= 15 is 0 Å². The Morgan fingerprint density at radius 3 is 2.59 bits per heavy atom. The zero-order valence-electron chi connectivity index (χ0n) is 19.0. The molecule has 32 heavy (non-hydrogen) atoms. The molecule has 0 bridgehead atoms. The Balaban J connectivity index is 1.23. The maximum atomic E-state index is 5.46. The van der Waals surface area contributed by atoms with E-state index in [2.05, 4.69) is 38.7 Å². The highest BCUT2D eigenvalue weighted by Crippen LogP contribution is 2.32. The van der Waals surface area contributed by atoms with Crippen molar-refractivity contribution < 1.29 is 18.9 Å². The predicted octanol–water partition coefficient (Wildman–Crippen LogP) is 2.41. The van der Waals surface area contributed by atoms with E-state index in [-0.39, 0.29) is 0 Å². The van der Waals surface area contributed by atoms with Crippen molar-refractivity contribution in [2.75, 3.05) is 47.7 Å². The van der Waals surface area contributed by atoms with Gasteiger partial charge >= 0.3 is 0 Å². The second-order valence-corrected chi connectivity index (χ2v) is 8.02. The lowest BCUT2D eigenvalue weighted by atomic mass is 10.1. The SMILES string of the molecule is CN=C(NCCc1ccc2c(c1)OCO2)NC1CCN(Cc2cc(OC)cc(OC)c2)C1. The smallest absolute Gasteiger partial charge is 0.231 e. The lowest BCUT2D eigenvalue weighted by Gasteiger charge is -2.19. The Labute approximate surface area is 189 Å². The van der Waals surface area contributed by atoms with Crippen LogP contribution in [0, 0.1) is 0 Å². The van der Waals surface area contributed by atoms with Crippen LogP contribution in [-0.2, 0) is 13.0 Å². The van der Waals surface area contributed by atoms with Gasteiger partial charge in [-0.2, -0.15) is 0 Å². The minimum Gasteiger partial charge on any atom is -0.497 e. The lowest BCUT2D eigenvalue weighted by Crippen LogP contribution is -2.45. The van der Waals surface area contributed by atoms with Gasteiger partial charge in [0.05, 0.1) is 14.2 Å². The van der Waals surface area contributed by atoms with Gasteiger partial charge < -0.3 is 29.6 Å². The van der Waals surface area contributed by atoms with Crippen molar-refractivity contribution in [3.05, 3.63) is 47.5 Å². The van der Waals surface area contributed by atoms with E-state index in [1.54, 1.807) is 14.2 Å². The van der Waals surface area contributed by atoms with Crippen molar-refractivity contribution in [2.45, 2.75) is 25.4 Å². The van der Waals surface area contributed by atoms with Gasteiger partial charge in [-0.1, -0.05) is 6.07 Å². The molecule has 4 rings (SSSR count). The van der Waals surface area contributed by atoms with Crippen molar-refractivity contribution in [3.8, 4) is 23.0 Å². The van der Waals surface area contributed by atoms with Crippen LogP contribution in [0.4, 0.5) is 0 Å². The quantitative estimate of drug-likeness (QED) is 0.482. The zero-order valence-corrected chi connectivity index (χ0v) is 19.0. The summed E-state index contributed by atoms with van der Waals surface area (Å²) in [7, 11) is 5.17. The average molecular weight is 441 g/mol. The summed E-state index contributed by atoms with van der Waals surface area (Å²) in [6.07, 6.45) is 1.95. The summed E-state index contributed by atoms with van der Waals surface area (Å²) in [6.45, 7) is 3.95. The second kappa shape index (κ2) is 10.5. The first-order valence-electron chi connectivity index (χ1n) is 11.0. The fourth-order valence-corrected chi connectivity index (χ4v) is 4.12. The number of aliphatic imine (C=N–C) groups is 1. The van der Waals surface area contributed by atoms with Gasteiger partial charge in [0, 0.05) is 45.3 Å². The summed E-state index contributed by atoms with van der Waals surface area (Å²) >= 11 is 0. The van der Waals surface area contributed by atoms with Crippen LogP contribution in [0.25, 0.3) is 0 Å². The number of nitrogens with zero attached hydrogens (tertiary/aromatic N) is 2. The van der Waals surface area contributed by atoms with Gasteiger partial charge in [-0.15, -0.1) is 0 Å². The third kappa shape index (κ3) is 5.56. The molecule has 0 aromatic heterocycles. The molecule has 2 aromatic carbocycles. The molecule has 172 valence electrons. The fraction of sp³-hybridized carbons (Fsp3) is 0.458. The number of fused-ring (bicyclic) bond motifs is 1. The van der Waals surface area contributed by atoms with Crippen LogP contribution in [0.5, 0.6) is 23.0 Å². The first-order valence-corrected chi connectivity index (χ1v) is 11.0. The fourth-order valence-electron chi connectivity index (χ4n) is 4.12. The molecule has 8 nitrogen and oxygen atoms in total. The first kappa shape index (κ1) is 22.1. The molecule has 1 unspecified atom stereocenters. The molecule has 2 aliphatic heterocycles. The number of hydrogen-bond acceptors (Lipinski definition) is 6. The Bertz CT molecular complexity index is 927. The minimum atomic E-state index is 0.303. The van der Waals surface area contributed by atoms with Crippen molar-refractivity contribution in [1.82, 2.24) is 15.5 Å². The highest BCUT2D eigenvalue weighted by molar-refractivity contribution is 5.80. The van der Waals surface area contributed by atoms with Crippen LogP contribution in [-0.4, -0.2) is 64.6 Å². The minimum absolute atomic E-state index is 0.303. The van der Waals surface area contributed by atoms with Crippen LogP contribution in [0.2, 0.25) is 0 Å². The van der Waals surface area contributed by atoms with E-state index in [0.29, 0.717) is 12.8 Å². The maximum Gasteiger partial charge on any atom is 0.231 e. The molecule has 0 spiro atoms. The summed E-state index contributed by atoms with van der Waals surface area (Å²) in [5.41, 5.74) is 2.39. The van der Waals surface area contributed by atoms with Crippen LogP contribution in [0.3, 0.4) is 0 Å². The van der Waals surface area contributed by atoms with Crippen LogP contribution < -0.4 is 29.6 Å². The molecule has 0 aliphatic carbocycles. The van der Waals surface area contributed by atoms with Crippen LogP contribution >= 0.6 is 0 Å². The summed E-state index contributed by atoms with van der Waals surface area (Å²) in [6, 6.07) is 12.5. The summed E-state index contributed by atoms with van der Waals surface area (Å²) in [5.74, 6) is 4.11. The molecule has 1 atom stereocenters. The van der Waals surface area contributed by atoms with Gasteiger partial charge in [-0.3, -0.25) is 9.89 Å². The number of guanidine groups is 1. The van der Waals surface area contributed by atoms with E-state index < -0.39 is 0 Å². The van der Waals surface area contributed by atoms with Crippen molar-refractivity contribution in [2.24, 2.45) is 4.99 Å². The van der Waals surface area contributed by atoms with Gasteiger partial charge in [0.2, 0.25) is 6.79 Å². The molecule has 0 radical (unpaired) electrons. The van der Waals surface area contributed by atoms with E-state index in [1.165, 1.54) is 11.1 Å². The number of hydrogen-bond donors (Lipinski definition) is 2. The molecular formula is C24H32N4O4. The van der Waals surface area contributed by atoms with E-state index in [1.807, 2.05) is 25.2 Å². The lowest BCUT2D eigenvalue weighted by molar-refractivity contribution is 0.174. The Morgan fingerprint density at radius 1 is 1.06 bits per heavy atom. The molecule has 2 aliphatic rings. The number of methoxy groups -OCH3 is 2. The Hall–Kier alpha value is -3.13. The van der Waals surface area contributed by atoms with Gasteiger partial charge in [0.15, 0.2) is 17.5 Å². The summed E-state index contributed by atoms with van der Waals surface area (Å²) in [4.78, 5) is 6.83. The Kier molecular flexibility index (Phi) is 7.21. The number of rotatable bonds is 8. The van der Waals surface area contributed by atoms with Crippen molar-refractivity contribution >= 4 is 5.96 Å². The first-order chi connectivity index (χ1) is 15.7. The number of ether oxygens (including phenoxy) is 4. The molecule has 1 fully saturated rings. The maximum absolute atomic E-state index is 5.46. The average Bonchev–Trinajstić information content (AvgIpc) is 3.46. The van der Waals surface area contributed by atoms with Crippen LogP contribution in [0.15, 0.2) is 41.4 Å². The normalized spacial score (nSPS) is 18.0. The molecule has 0 saturated carbocycles. The number of likely N-dealkylation sites (tertiary alicyclic amines) is 1. The molecular weight excluding hydrogens is 408 g/mol. The van der Waals surface area contributed by atoms with Gasteiger partial charge in [0.1, 0.15) is 11.5 Å². The molecule has 8 heteroatoms. The van der Waals surface area contributed by atoms with Gasteiger partial charge in [0.25, 0.3) is 0 Å². The topological polar surface area (TPSA) is 76.6 Å². The molecule has 1 saturated heterocycles. The van der Waals surface area contributed by atoms with E-state index in [9.17, 15) is 0 Å². The Morgan fingerprint density at radius 2 is 1.84 bits per heavy atom. The highest BCUT2D eigenvalue weighted by atomic mass is 16.7.